The molecule has 0 bridgehead atoms. The van der Waals surface area contributed by atoms with Gasteiger partial charge in [-0.1, -0.05) is 55.5 Å². The fourth-order valence-corrected chi connectivity index (χ4v) is 4.73. The first kappa shape index (κ1) is 31.1. The summed E-state index contributed by atoms with van der Waals surface area (Å²) in [5.41, 5.74) is 2.67. The van der Waals surface area contributed by atoms with Gasteiger partial charge in [-0.15, -0.1) is 0 Å². The summed E-state index contributed by atoms with van der Waals surface area (Å²) >= 11 is -2.46. The second kappa shape index (κ2) is 13.1. The van der Waals surface area contributed by atoms with E-state index >= 15 is 0 Å². The van der Waals surface area contributed by atoms with E-state index in [1.54, 1.807) is 46.8 Å². The van der Waals surface area contributed by atoms with Crippen molar-refractivity contribution in [1.82, 2.24) is 9.03 Å². The fourth-order valence-electron chi connectivity index (χ4n) is 3.43. The van der Waals surface area contributed by atoms with E-state index in [-0.39, 0.29) is 12.5 Å². The van der Waals surface area contributed by atoms with E-state index in [9.17, 15) is 27.1 Å². The third kappa shape index (κ3) is 9.91. The number of carbonyl (C=O) groups excluding carboxylic acids is 1. The number of aliphatic hydroxyl groups is 1. The van der Waals surface area contributed by atoms with Crippen LogP contribution in [-0.4, -0.2) is 63.0 Å². The van der Waals surface area contributed by atoms with Gasteiger partial charge in [0.2, 0.25) is 21.3 Å². The molecule has 3 unspecified atom stereocenters. The molecule has 3 atom stereocenters. The van der Waals surface area contributed by atoms with E-state index in [1.165, 1.54) is 0 Å². The lowest BCUT2D eigenvalue weighted by Crippen LogP contribution is -2.38. The third-order valence-electron chi connectivity index (χ3n) is 5.64. The van der Waals surface area contributed by atoms with Crippen molar-refractivity contribution in [1.29, 1.82) is 0 Å². The van der Waals surface area contributed by atoms with Gasteiger partial charge in [0, 0.05) is 13.1 Å². The maximum atomic E-state index is 12.0. The predicted octanol–water partition coefficient (Wildman–Crippen LogP) is 3.60. The van der Waals surface area contributed by atoms with Crippen LogP contribution < -0.4 is 4.72 Å². The minimum Gasteiger partial charge on any atom is -0.459 e. The summed E-state index contributed by atoms with van der Waals surface area (Å²) in [7, 11) is -3.32. The third-order valence-corrected chi connectivity index (χ3v) is 8.17. The van der Waals surface area contributed by atoms with E-state index in [1.807, 2.05) is 43.3 Å². The van der Waals surface area contributed by atoms with Crippen molar-refractivity contribution in [3.8, 4) is 11.1 Å². The van der Waals surface area contributed by atoms with Crippen LogP contribution in [-0.2, 0) is 30.8 Å². The zero-order valence-corrected chi connectivity index (χ0v) is 23.8. The maximum Gasteiger partial charge on any atom is 0.321 e. The summed E-state index contributed by atoms with van der Waals surface area (Å²) in [6.07, 6.45) is -1.09. The highest BCUT2D eigenvalue weighted by Crippen LogP contribution is 2.25. The van der Waals surface area contributed by atoms with E-state index < -0.39 is 50.8 Å². The van der Waals surface area contributed by atoms with Crippen LogP contribution in [0.4, 0.5) is 0 Å². The molecule has 11 heteroatoms. The first-order chi connectivity index (χ1) is 17.1. The summed E-state index contributed by atoms with van der Waals surface area (Å²) in [4.78, 5) is 12.0. The zero-order valence-electron chi connectivity index (χ0n) is 22.2. The van der Waals surface area contributed by atoms with Gasteiger partial charge in [0.05, 0.1) is 11.4 Å². The quantitative estimate of drug-likeness (QED) is 0.270. The lowest BCUT2D eigenvalue weighted by Gasteiger charge is -2.24. The van der Waals surface area contributed by atoms with Crippen LogP contribution >= 0.6 is 0 Å². The number of nitrogens with one attached hydrogen (secondary N) is 1. The number of benzene rings is 2. The number of rotatable bonds is 12. The molecule has 2 aromatic carbocycles. The van der Waals surface area contributed by atoms with Crippen LogP contribution in [0.2, 0.25) is 0 Å². The predicted molar refractivity (Wildman–Crippen MR) is 146 cm³/mol. The van der Waals surface area contributed by atoms with Gasteiger partial charge in [0.25, 0.3) is 0 Å². The molecule has 2 rings (SSSR count). The van der Waals surface area contributed by atoms with Crippen molar-refractivity contribution in [2.24, 2.45) is 0 Å². The highest BCUT2D eigenvalue weighted by atomic mass is 32.2. The normalized spacial score (nSPS) is 15.0. The summed E-state index contributed by atoms with van der Waals surface area (Å²) in [5.74, 6) is -0.659. The second-order valence-corrected chi connectivity index (χ2v) is 13.5. The molecular weight excluding hydrogens is 516 g/mol. The molecule has 0 aliphatic carbocycles. The summed E-state index contributed by atoms with van der Waals surface area (Å²) in [6, 6.07) is 14.9. The second-order valence-electron chi connectivity index (χ2n) is 10.2. The topological polar surface area (TPSA) is 133 Å². The largest absolute Gasteiger partial charge is 0.459 e. The van der Waals surface area contributed by atoms with Crippen LogP contribution in [0, 0.1) is 0 Å². The fraction of sp³-hybridized carbons (Fsp3) is 0.500. The average molecular weight is 555 g/mol. The van der Waals surface area contributed by atoms with Gasteiger partial charge in [-0.3, -0.25) is 9.35 Å². The number of esters is 1. The van der Waals surface area contributed by atoms with Crippen molar-refractivity contribution < 1.29 is 31.8 Å². The number of hydrogen-bond acceptors (Lipinski definition) is 6. The van der Waals surface area contributed by atoms with Crippen molar-refractivity contribution in [3.63, 3.8) is 0 Å². The Morgan fingerprint density at radius 1 is 1.00 bits per heavy atom. The van der Waals surface area contributed by atoms with E-state index in [4.69, 9.17) is 4.74 Å². The number of ether oxygens (including phenoxy) is 1. The molecule has 0 saturated heterocycles. The number of aliphatic hydroxyl groups excluding tert-OH is 1. The van der Waals surface area contributed by atoms with Gasteiger partial charge in [0.1, 0.15) is 12.1 Å². The molecule has 9 nitrogen and oxygen atoms in total. The molecule has 0 amide bonds. The lowest BCUT2D eigenvalue weighted by molar-refractivity contribution is -0.155. The van der Waals surface area contributed by atoms with Gasteiger partial charge < -0.3 is 9.84 Å². The van der Waals surface area contributed by atoms with Crippen LogP contribution in [0.25, 0.3) is 11.1 Å². The molecule has 37 heavy (non-hydrogen) atoms. The van der Waals surface area contributed by atoms with E-state index in [0.29, 0.717) is 12.1 Å². The molecule has 0 heterocycles. The SMILES string of the molecule is CC(CNS(=O)(=O)C(C)C)c1ccc(-c2ccc(C(O)CN(CC(=O)OC(C)(C)C)S(=O)O)cc2)cc1. The van der Waals surface area contributed by atoms with Crippen molar-refractivity contribution in [2.45, 2.75) is 64.4 Å². The molecule has 0 aliphatic heterocycles. The number of carbonyl (C=O) groups is 1. The van der Waals surface area contributed by atoms with E-state index in [2.05, 4.69) is 4.72 Å². The van der Waals surface area contributed by atoms with Crippen molar-refractivity contribution >= 4 is 27.3 Å². The van der Waals surface area contributed by atoms with Crippen LogP contribution in [0.3, 0.4) is 0 Å². The molecule has 206 valence electrons. The van der Waals surface area contributed by atoms with Gasteiger partial charge in [-0.25, -0.2) is 17.3 Å². The number of hydrogen-bond donors (Lipinski definition) is 3. The molecule has 0 aliphatic rings. The summed E-state index contributed by atoms with van der Waals surface area (Å²) in [5, 5.41) is 10.1. The van der Waals surface area contributed by atoms with Crippen molar-refractivity contribution in [3.05, 3.63) is 59.7 Å². The average Bonchev–Trinajstić information content (AvgIpc) is 2.81. The Bertz CT molecular complexity index is 1160. The molecule has 0 spiro atoms. The maximum absolute atomic E-state index is 12.0. The molecular formula is C26H38N2O7S2. The first-order valence-corrected chi connectivity index (χ1v) is 14.6. The highest BCUT2D eigenvalue weighted by molar-refractivity contribution is 7.90. The van der Waals surface area contributed by atoms with E-state index in [0.717, 1.165) is 21.0 Å². The van der Waals surface area contributed by atoms with Gasteiger partial charge in [-0.05, 0) is 62.8 Å². The Balaban J connectivity index is 2.03. The van der Waals surface area contributed by atoms with Gasteiger partial charge >= 0.3 is 5.97 Å². The molecule has 0 radical (unpaired) electrons. The van der Waals surface area contributed by atoms with Gasteiger partial charge in [0.15, 0.2) is 0 Å². The Labute approximate surface area is 222 Å². The van der Waals surface area contributed by atoms with Crippen LogP contribution in [0.1, 0.15) is 64.7 Å². The molecule has 0 saturated carbocycles. The van der Waals surface area contributed by atoms with Crippen LogP contribution in [0.5, 0.6) is 0 Å². The Hall–Kier alpha value is -2.15. The zero-order chi connectivity index (χ0) is 28.0. The summed E-state index contributed by atoms with van der Waals surface area (Å²) < 4.78 is 54.0. The number of nitrogens with zero attached hydrogens (tertiary/aromatic N) is 1. The molecule has 3 N–H and O–H groups in total. The Morgan fingerprint density at radius 2 is 1.49 bits per heavy atom. The monoisotopic (exact) mass is 554 g/mol. The van der Waals surface area contributed by atoms with Gasteiger partial charge in [-0.2, -0.15) is 4.31 Å². The Morgan fingerprint density at radius 3 is 1.92 bits per heavy atom. The Kier molecular flexibility index (Phi) is 11.0. The highest BCUT2D eigenvalue weighted by Gasteiger charge is 2.24. The van der Waals surface area contributed by atoms with Crippen LogP contribution in [0.15, 0.2) is 48.5 Å². The molecule has 2 aromatic rings. The summed E-state index contributed by atoms with van der Waals surface area (Å²) in [6.45, 7) is 10.00. The lowest BCUT2D eigenvalue weighted by atomic mass is 9.97. The number of sulfonamides is 1. The standard InChI is InChI=1S/C26H38N2O7S2/c1-18(2)37(33,34)27-15-19(3)20-7-9-21(10-8-20)22-11-13-23(14-12-22)24(29)16-28(36(31)32)17-25(30)35-26(4,5)6/h7-14,18-19,24,27,29H,15-17H2,1-6H3,(H,31,32). The minimum atomic E-state index is -3.32. The smallest absolute Gasteiger partial charge is 0.321 e. The molecule has 0 fully saturated rings. The molecule has 0 aromatic heterocycles. The first-order valence-electron chi connectivity index (χ1n) is 12.0. The van der Waals surface area contributed by atoms with Crippen molar-refractivity contribution in [2.75, 3.05) is 19.6 Å². The minimum absolute atomic E-state index is 0.000740.